The number of carboxylic acids is 1. The Morgan fingerprint density at radius 1 is 1.24 bits per heavy atom. The number of carbonyl (C=O) groups is 2. The Morgan fingerprint density at radius 3 is 2.00 bits per heavy atom. The summed E-state index contributed by atoms with van der Waals surface area (Å²) in [5.41, 5.74) is -2.77. The number of alkyl halides is 4. The second-order valence-corrected chi connectivity index (χ2v) is 8.91. The Labute approximate surface area is 148 Å². The first-order chi connectivity index (χ1) is 9.36. The van der Waals surface area contributed by atoms with Gasteiger partial charge in [-0.25, -0.2) is 0 Å². The molecule has 0 amide bonds. The van der Waals surface area contributed by atoms with Crippen LogP contribution in [0.1, 0.15) is 40.5 Å². The molecule has 124 valence electrons. The predicted octanol–water partition coefficient (Wildman–Crippen LogP) is 4.58. The van der Waals surface area contributed by atoms with E-state index in [1.165, 1.54) is 0 Å². The van der Waals surface area contributed by atoms with E-state index in [4.69, 9.17) is 39.5 Å². The molecule has 0 aromatic rings. The van der Waals surface area contributed by atoms with Crippen molar-refractivity contribution in [3.05, 3.63) is 0 Å². The molecule has 0 aromatic carbocycles. The van der Waals surface area contributed by atoms with Gasteiger partial charge in [-0.15, -0.1) is 0 Å². The van der Waals surface area contributed by atoms with Crippen molar-refractivity contribution < 1.29 is 19.4 Å². The number of esters is 1. The average Bonchev–Trinajstić information content (AvgIpc) is 2.27. The highest BCUT2D eigenvalue weighted by Crippen LogP contribution is 2.51. The third kappa shape index (κ3) is 4.63. The van der Waals surface area contributed by atoms with Crippen LogP contribution in [-0.4, -0.2) is 32.3 Å². The third-order valence-electron chi connectivity index (χ3n) is 3.81. The molecule has 8 heteroatoms. The highest BCUT2D eigenvalue weighted by molar-refractivity contribution is 9.09. The molecule has 0 bridgehead atoms. The second-order valence-electron chi connectivity index (χ2n) is 5.29. The Morgan fingerprint density at radius 2 is 1.71 bits per heavy atom. The van der Waals surface area contributed by atoms with Crippen molar-refractivity contribution in [1.29, 1.82) is 0 Å². The number of rotatable bonds is 7. The summed E-state index contributed by atoms with van der Waals surface area (Å²) in [7, 11) is 0. The van der Waals surface area contributed by atoms with Crippen LogP contribution in [-0.2, 0) is 14.3 Å². The van der Waals surface area contributed by atoms with Gasteiger partial charge in [0.05, 0.1) is 6.61 Å². The SMILES string of the molecule is CCOC(=O)C(CC)(C(=O)O)C(C)(C)C(Br)CC(Cl)(Cl)Cl. The van der Waals surface area contributed by atoms with E-state index >= 15 is 0 Å². The molecule has 2 atom stereocenters. The lowest BCUT2D eigenvalue weighted by Crippen LogP contribution is -2.55. The van der Waals surface area contributed by atoms with Gasteiger partial charge in [0.25, 0.3) is 0 Å². The van der Waals surface area contributed by atoms with Gasteiger partial charge < -0.3 is 9.84 Å². The van der Waals surface area contributed by atoms with Crippen LogP contribution in [0, 0.1) is 10.8 Å². The molecule has 0 radical (unpaired) electrons. The maximum absolute atomic E-state index is 12.3. The topological polar surface area (TPSA) is 63.6 Å². The van der Waals surface area contributed by atoms with E-state index in [1.54, 1.807) is 27.7 Å². The molecule has 0 aromatic heterocycles. The Bertz CT molecular complexity index is 395. The minimum atomic E-state index is -1.73. The summed E-state index contributed by atoms with van der Waals surface area (Å²) in [4.78, 5) is 23.7. The monoisotopic (exact) mass is 424 g/mol. The maximum Gasteiger partial charge on any atom is 0.324 e. The van der Waals surface area contributed by atoms with Crippen LogP contribution in [0.2, 0.25) is 0 Å². The zero-order chi connectivity index (χ0) is 17.1. The fourth-order valence-electron chi connectivity index (χ4n) is 2.36. The molecular formula is C13H20BrCl3O4. The zero-order valence-corrected chi connectivity index (χ0v) is 16.2. The number of aliphatic carboxylic acids is 1. The van der Waals surface area contributed by atoms with Crippen molar-refractivity contribution >= 4 is 62.7 Å². The van der Waals surface area contributed by atoms with Gasteiger partial charge in [-0.05, 0) is 13.3 Å². The van der Waals surface area contributed by atoms with Crippen molar-refractivity contribution in [1.82, 2.24) is 0 Å². The first-order valence-electron chi connectivity index (χ1n) is 6.48. The van der Waals surface area contributed by atoms with Crippen molar-refractivity contribution in [3.63, 3.8) is 0 Å². The molecule has 1 N–H and O–H groups in total. The molecular weight excluding hydrogens is 406 g/mol. The largest absolute Gasteiger partial charge is 0.480 e. The van der Waals surface area contributed by atoms with Crippen LogP contribution >= 0.6 is 50.7 Å². The predicted molar refractivity (Wildman–Crippen MR) is 88.4 cm³/mol. The summed E-state index contributed by atoms with van der Waals surface area (Å²) >= 11 is 20.7. The smallest absolute Gasteiger partial charge is 0.324 e. The van der Waals surface area contributed by atoms with Gasteiger partial charge in [0, 0.05) is 16.7 Å². The number of halogens is 4. The first kappa shape index (κ1) is 21.3. The lowest BCUT2D eigenvalue weighted by atomic mass is 9.61. The quantitative estimate of drug-likeness (QED) is 0.368. The standard InChI is InChI=1S/C13H20BrCl3O4/c1-5-12(9(18)19,10(20)21-6-2)11(3,4)8(14)7-13(15,16)17/h8H,5-7H2,1-4H3,(H,18,19). The number of hydrogen-bond acceptors (Lipinski definition) is 3. The van der Waals surface area contributed by atoms with Crippen LogP contribution in [0.15, 0.2) is 0 Å². The molecule has 0 saturated heterocycles. The Hall–Kier alpha value is 0.290. The summed E-state index contributed by atoms with van der Waals surface area (Å²) in [6, 6.07) is 0. The van der Waals surface area contributed by atoms with Crippen LogP contribution in [0.25, 0.3) is 0 Å². The van der Waals surface area contributed by atoms with Crippen LogP contribution < -0.4 is 0 Å². The lowest BCUT2D eigenvalue weighted by Gasteiger charge is -2.44. The number of ether oxygens (including phenoxy) is 1. The zero-order valence-electron chi connectivity index (χ0n) is 12.4. The van der Waals surface area contributed by atoms with Crippen LogP contribution in [0.4, 0.5) is 0 Å². The molecule has 0 aliphatic rings. The molecule has 0 saturated carbocycles. The fraction of sp³-hybridized carbons (Fsp3) is 0.846. The van der Waals surface area contributed by atoms with Crippen molar-refractivity contribution in [2.75, 3.05) is 6.61 Å². The molecule has 0 heterocycles. The highest BCUT2D eigenvalue weighted by atomic mass is 79.9. The van der Waals surface area contributed by atoms with Gasteiger partial charge in [-0.2, -0.15) is 0 Å². The maximum atomic E-state index is 12.3. The summed E-state index contributed by atoms with van der Waals surface area (Å²) in [6.07, 6.45) is 0.120. The van der Waals surface area contributed by atoms with Crippen molar-refractivity contribution in [3.8, 4) is 0 Å². The van der Waals surface area contributed by atoms with Gasteiger partial charge in [0.15, 0.2) is 9.21 Å². The van der Waals surface area contributed by atoms with Crippen LogP contribution in [0.3, 0.4) is 0 Å². The molecule has 4 nitrogen and oxygen atoms in total. The fourth-order valence-corrected chi connectivity index (χ4v) is 4.26. The van der Waals surface area contributed by atoms with E-state index in [2.05, 4.69) is 15.9 Å². The molecule has 0 spiro atoms. The van der Waals surface area contributed by atoms with Crippen LogP contribution in [0.5, 0.6) is 0 Å². The van der Waals surface area contributed by atoms with E-state index in [1.807, 2.05) is 0 Å². The molecule has 0 rings (SSSR count). The van der Waals surface area contributed by atoms with E-state index in [0.29, 0.717) is 0 Å². The van der Waals surface area contributed by atoms with E-state index in [9.17, 15) is 14.7 Å². The molecule has 0 aliphatic heterocycles. The van der Waals surface area contributed by atoms with E-state index < -0.39 is 31.4 Å². The number of carbonyl (C=O) groups excluding carboxylic acids is 1. The van der Waals surface area contributed by atoms with Gasteiger partial charge in [0.2, 0.25) is 0 Å². The third-order valence-corrected chi connectivity index (χ3v) is 5.74. The first-order valence-corrected chi connectivity index (χ1v) is 8.53. The lowest BCUT2D eigenvalue weighted by molar-refractivity contribution is -0.179. The molecule has 2 unspecified atom stereocenters. The summed E-state index contributed by atoms with van der Waals surface area (Å²) in [5.74, 6) is -2.03. The minimum absolute atomic E-state index is 0.0547. The average molecular weight is 427 g/mol. The Kier molecular flexibility index (Phi) is 7.82. The van der Waals surface area contributed by atoms with Gasteiger partial charge in [0.1, 0.15) is 0 Å². The summed E-state index contributed by atoms with van der Waals surface area (Å²) in [5, 5.41) is 9.68. The number of hydrogen-bond donors (Lipinski definition) is 1. The molecule has 21 heavy (non-hydrogen) atoms. The van der Waals surface area contributed by atoms with Crippen molar-refractivity contribution in [2.24, 2.45) is 10.8 Å². The highest BCUT2D eigenvalue weighted by Gasteiger charge is 2.60. The molecule has 0 aliphatic carbocycles. The van der Waals surface area contributed by atoms with Gasteiger partial charge >= 0.3 is 11.9 Å². The summed E-state index contributed by atoms with van der Waals surface area (Å²) < 4.78 is 3.43. The number of carboxylic acid groups (broad SMARTS) is 1. The minimum Gasteiger partial charge on any atom is -0.480 e. The van der Waals surface area contributed by atoms with E-state index in [0.717, 1.165) is 0 Å². The molecule has 0 fully saturated rings. The summed E-state index contributed by atoms with van der Waals surface area (Å²) in [6.45, 7) is 6.65. The van der Waals surface area contributed by atoms with Gasteiger partial charge in [-0.1, -0.05) is 71.5 Å². The van der Waals surface area contributed by atoms with E-state index in [-0.39, 0.29) is 19.4 Å². The van der Waals surface area contributed by atoms with Gasteiger partial charge in [-0.3, -0.25) is 9.59 Å². The normalized spacial score (nSPS) is 17.0. The van der Waals surface area contributed by atoms with Crippen molar-refractivity contribution in [2.45, 2.75) is 49.2 Å². The Balaban J connectivity index is 5.80. The second kappa shape index (κ2) is 7.71.